The molecule has 0 rings (SSSR count). The van der Waals surface area contributed by atoms with Crippen LogP contribution < -0.4 is 0 Å². The predicted octanol–water partition coefficient (Wildman–Crippen LogP) is 21.8. The van der Waals surface area contributed by atoms with E-state index in [2.05, 4.69) is 50.3 Å². The highest BCUT2D eigenvalue weighted by atomic mass is 16.6. The Hall–Kier alpha value is -1.88. The number of hydrogen-bond acceptors (Lipinski definition) is 5. The summed E-state index contributed by atoms with van der Waals surface area (Å²) in [6.07, 6.45) is 81.7. The van der Waals surface area contributed by atoms with Crippen LogP contribution in [0.5, 0.6) is 0 Å². The van der Waals surface area contributed by atoms with E-state index in [1.807, 2.05) is 0 Å². The second-order valence-corrected chi connectivity index (χ2v) is 21.9. The summed E-state index contributed by atoms with van der Waals surface area (Å²) in [6.45, 7) is 4.18. The van der Waals surface area contributed by atoms with Crippen molar-refractivity contribution in [3.8, 4) is 0 Å². The monoisotopic (exact) mass is 997 g/mol. The summed E-state index contributed by atoms with van der Waals surface area (Å²) in [5, 5.41) is 9.65. The average molecular weight is 998 g/mol. The van der Waals surface area contributed by atoms with Crippen LogP contribution in [0, 0.1) is 0 Å². The molecule has 1 N–H and O–H groups in total. The number of aliphatic hydroxyl groups excluding tert-OH is 1. The fraction of sp³-hybridized carbons (Fsp3) is 0.879. The fourth-order valence-electron chi connectivity index (χ4n) is 9.86. The van der Waals surface area contributed by atoms with E-state index in [4.69, 9.17) is 9.47 Å². The first-order chi connectivity index (χ1) is 35.1. The Kier molecular flexibility index (Phi) is 60.8. The van der Waals surface area contributed by atoms with Crippen molar-refractivity contribution >= 4 is 11.9 Å². The van der Waals surface area contributed by atoms with Gasteiger partial charge in [-0.2, -0.15) is 0 Å². The van der Waals surface area contributed by atoms with Gasteiger partial charge in [-0.1, -0.05) is 326 Å². The highest BCUT2D eigenvalue weighted by Crippen LogP contribution is 2.18. The van der Waals surface area contributed by atoms with Crippen LogP contribution in [-0.4, -0.2) is 36.4 Å². The lowest BCUT2D eigenvalue weighted by molar-refractivity contribution is -0.161. The van der Waals surface area contributed by atoms with Gasteiger partial charge in [-0.15, -0.1) is 0 Å². The molecular formula is C66H124O5. The smallest absolute Gasteiger partial charge is 0.306 e. The molecule has 0 spiro atoms. The van der Waals surface area contributed by atoms with Crippen LogP contribution in [0.1, 0.15) is 354 Å². The third kappa shape index (κ3) is 60.6. The third-order valence-electron chi connectivity index (χ3n) is 14.7. The SMILES string of the molecule is CCCCCCC/C=C\C/C=C\C/C=C\CCCCCCCCCCCCCCCCCCCCCCCCCCCCC(=O)OC(CO)COC(=O)CCCCCCCCCCCCCCCCCC. The highest BCUT2D eigenvalue weighted by Gasteiger charge is 2.16. The number of carbonyl (C=O) groups is 2. The summed E-state index contributed by atoms with van der Waals surface area (Å²) in [5.41, 5.74) is 0. The van der Waals surface area contributed by atoms with Gasteiger partial charge in [-0.05, 0) is 51.4 Å². The number of unbranched alkanes of at least 4 members (excludes halogenated alkanes) is 46. The van der Waals surface area contributed by atoms with Crippen molar-refractivity contribution < 1.29 is 24.2 Å². The van der Waals surface area contributed by atoms with E-state index in [9.17, 15) is 14.7 Å². The first-order valence-corrected chi connectivity index (χ1v) is 32.0. The van der Waals surface area contributed by atoms with Gasteiger partial charge in [0.15, 0.2) is 6.10 Å². The summed E-state index contributed by atoms with van der Waals surface area (Å²) in [5.74, 6) is -0.568. The number of aliphatic hydroxyl groups is 1. The van der Waals surface area contributed by atoms with Crippen LogP contribution in [0.4, 0.5) is 0 Å². The van der Waals surface area contributed by atoms with Gasteiger partial charge in [0.25, 0.3) is 0 Å². The van der Waals surface area contributed by atoms with Gasteiger partial charge in [0.1, 0.15) is 6.61 Å². The summed E-state index contributed by atoms with van der Waals surface area (Å²) < 4.78 is 10.7. The van der Waals surface area contributed by atoms with Gasteiger partial charge in [-0.25, -0.2) is 0 Å². The molecule has 0 fully saturated rings. The molecule has 0 aromatic rings. The maximum Gasteiger partial charge on any atom is 0.306 e. The van der Waals surface area contributed by atoms with E-state index in [1.54, 1.807) is 0 Å². The minimum absolute atomic E-state index is 0.0581. The van der Waals surface area contributed by atoms with Gasteiger partial charge >= 0.3 is 11.9 Å². The fourth-order valence-corrected chi connectivity index (χ4v) is 9.86. The molecule has 5 nitrogen and oxygen atoms in total. The number of rotatable bonds is 60. The van der Waals surface area contributed by atoms with Crippen LogP contribution in [0.2, 0.25) is 0 Å². The highest BCUT2D eigenvalue weighted by molar-refractivity contribution is 5.70. The first kappa shape index (κ1) is 69.1. The maximum absolute atomic E-state index is 12.3. The Morgan fingerprint density at radius 1 is 0.324 bits per heavy atom. The molecule has 71 heavy (non-hydrogen) atoms. The lowest BCUT2D eigenvalue weighted by Crippen LogP contribution is -2.28. The Labute approximate surface area is 444 Å². The average Bonchev–Trinajstić information content (AvgIpc) is 3.37. The molecule has 1 atom stereocenters. The van der Waals surface area contributed by atoms with E-state index >= 15 is 0 Å². The molecule has 0 bridgehead atoms. The molecule has 0 saturated carbocycles. The molecule has 1 unspecified atom stereocenters. The van der Waals surface area contributed by atoms with E-state index in [-0.39, 0.29) is 25.2 Å². The largest absolute Gasteiger partial charge is 0.462 e. The van der Waals surface area contributed by atoms with Crippen molar-refractivity contribution in [1.29, 1.82) is 0 Å². The molecule has 0 heterocycles. The van der Waals surface area contributed by atoms with Crippen molar-refractivity contribution in [1.82, 2.24) is 0 Å². The minimum Gasteiger partial charge on any atom is -0.462 e. The quantitative estimate of drug-likeness (QED) is 0.0373. The molecule has 0 aromatic carbocycles. The van der Waals surface area contributed by atoms with Gasteiger partial charge in [0.05, 0.1) is 6.61 Å². The van der Waals surface area contributed by atoms with E-state index < -0.39 is 6.10 Å². The standard InChI is InChI=1S/C66H124O5/c1-3-5-7-9-11-13-15-17-19-21-22-23-24-25-26-27-28-29-30-31-32-33-34-35-36-37-38-39-40-41-42-43-44-45-47-49-51-53-55-57-59-61-66(69)71-64(62-67)63-70-65(68)60-58-56-54-52-50-48-46-20-18-16-14-12-10-8-6-4-2/h15,17,21-22,24-25,64,67H,3-14,16,18-20,23,26-63H2,1-2H3/b17-15-,22-21-,25-24-. The van der Waals surface area contributed by atoms with Crippen LogP contribution in [-0.2, 0) is 19.1 Å². The van der Waals surface area contributed by atoms with E-state index in [1.165, 1.54) is 283 Å². The maximum atomic E-state index is 12.3. The van der Waals surface area contributed by atoms with Crippen molar-refractivity contribution in [3.05, 3.63) is 36.5 Å². The first-order valence-electron chi connectivity index (χ1n) is 32.0. The molecule has 5 heteroatoms. The van der Waals surface area contributed by atoms with Gasteiger partial charge in [0.2, 0.25) is 0 Å². The Balaban J connectivity index is 3.36. The Morgan fingerprint density at radius 2 is 0.563 bits per heavy atom. The Morgan fingerprint density at radius 3 is 0.845 bits per heavy atom. The van der Waals surface area contributed by atoms with E-state index in [0.717, 1.165) is 44.9 Å². The number of carbonyl (C=O) groups excluding carboxylic acids is 2. The number of esters is 2. The third-order valence-corrected chi connectivity index (χ3v) is 14.7. The zero-order chi connectivity index (χ0) is 51.3. The summed E-state index contributed by atoms with van der Waals surface area (Å²) >= 11 is 0. The van der Waals surface area contributed by atoms with Crippen molar-refractivity contribution in [2.24, 2.45) is 0 Å². The summed E-state index contributed by atoms with van der Waals surface area (Å²) in [4.78, 5) is 24.5. The predicted molar refractivity (Wildman–Crippen MR) is 311 cm³/mol. The summed E-state index contributed by atoms with van der Waals surface area (Å²) in [6, 6.07) is 0. The molecule has 0 saturated heterocycles. The van der Waals surface area contributed by atoms with Crippen molar-refractivity contribution in [3.63, 3.8) is 0 Å². The molecule has 0 radical (unpaired) electrons. The minimum atomic E-state index is -0.767. The van der Waals surface area contributed by atoms with Crippen molar-refractivity contribution in [2.45, 2.75) is 360 Å². The van der Waals surface area contributed by atoms with Crippen LogP contribution >= 0.6 is 0 Å². The van der Waals surface area contributed by atoms with Crippen molar-refractivity contribution in [2.75, 3.05) is 13.2 Å². The molecular weight excluding hydrogens is 873 g/mol. The second-order valence-electron chi connectivity index (χ2n) is 21.9. The number of allylic oxidation sites excluding steroid dienone is 6. The normalized spacial score (nSPS) is 12.3. The van der Waals surface area contributed by atoms with Gasteiger partial charge in [0, 0.05) is 12.8 Å². The Bertz CT molecular complexity index is 1130. The number of ether oxygens (including phenoxy) is 2. The van der Waals surface area contributed by atoms with E-state index in [0.29, 0.717) is 12.8 Å². The van der Waals surface area contributed by atoms with Crippen LogP contribution in [0.25, 0.3) is 0 Å². The summed E-state index contributed by atoms with van der Waals surface area (Å²) in [7, 11) is 0. The zero-order valence-corrected chi connectivity index (χ0v) is 48.0. The molecule has 0 aliphatic rings. The topological polar surface area (TPSA) is 72.8 Å². The second kappa shape index (κ2) is 62.4. The van der Waals surface area contributed by atoms with Crippen LogP contribution in [0.15, 0.2) is 36.5 Å². The molecule has 0 amide bonds. The zero-order valence-electron chi connectivity index (χ0n) is 48.0. The molecule has 418 valence electrons. The molecule has 0 aliphatic carbocycles. The van der Waals surface area contributed by atoms with Gasteiger partial charge in [-0.3, -0.25) is 9.59 Å². The molecule has 0 aromatic heterocycles. The van der Waals surface area contributed by atoms with Crippen LogP contribution in [0.3, 0.4) is 0 Å². The lowest BCUT2D eigenvalue weighted by Gasteiger charge is -2.15. The molecule has 0 aliphatic heterocycles. The van der Waals surface area contributed by atoms with Gasteiger partial charge < -0.3 is 14.6 Å². The lowest BCUT2D eigenvalue weighted by atomic mass is 10.0. The number of hydrogen-bond donors (Lipinski definition) is 1.